The average molecular weight is 223 g/mol. The first kappa shape index (κ1) is 11.0. The maximum absolute atomic E-state index is 3.54. The molecule has 3 unspecified atom stereocenters. The van der Waals surface area contributed by atoms with Gasteiger partial charge >= 0.3 is 0 Å². The van der Waals surface area contributed by atoms with Crippen LogP contribution in [0, 0.1) is 0 Å². The van der Waals surface area contributed by atoms with Gasteiger partial charge in [0.2, 0.25) is 0 Å². The molecule has 3 atom stereocenters. The molecule has 0 aliphatic carbocycles. The minimum atomic E-state index is 0.791. The molecule has 0 spiro atoms. The Hall–Kier alpha value is -0.120. The number of hydrogen-bond acceptors (Lipinski definition) is 3. The fourth-order valence-electron chi connectivity index (χ4n) is 3.98. The Morgan fingerprint density at radius 1 is 1.12 bits per heavy atom. The molecule has 1 N–H and O–H groups in total. The molecule has 3 rings (SSSR count). The summed E-state index contributed by atoms with van der Waals surface area (Å²) in [5.41, 5.74) is 0. The molecule has 0 aromatic heterocycles. The van der Waals surface area contributed by atoms with Crippen molar-refractivity contribution in [2.75, 3.05) is 33.2 Å². The third kappa shape index (κ3) is 1.89. The molecular formula is C13H25N3. The van der Waals surface area contributed by atoms with Crippen LogP contribution in [0.15, 0.2) is 0 Å². The van der Waals surface area contributed by atoms with Crippen LogP contribution in [0.4, 0.5) is 0 Å². The van der Waals surface area contributed by atoms with E-state index < -0.39 is 0 Å². The zero-order chi connectivity index (χ0) is 11.0. The van der Waals surface area contributed by atoms with Gasteiger partial charge in [0.05, 0.1) is 0 Å². The maximum atomic E-state index is 3.54. The molecule has 0 radical (unpaired) electrons. The molecule has 3 heteroatoms. The van der Waals surface area contributed by atoms with Crippen molar-refractivity contribution in [2.24, 2.45) is 0 Å². The van der Waals surface area contributed by atoms with Gasteiger partial charge in [-0.25, -0.2) is 0 Å². The van der Waals surface area contributed by atoms with Crippen molar-refractivity contribution >= 4 is 0 Å². The molecule has 3 aliphatic rings. The van der Waals surface area contributed by atoms with Crippen molar-refractivity contribution in [1.29, 1.82) is 0 Å². The van der Waals surface area contributed by atoms with Gasteiger partial charge in [-0.05, 0) is 52.2 Å². The highest BCUT2D eigenvalue weighted by Crippen LogP contribution is 2.32. The molecule has 0 aromatic carbocycles. The molecule has 0 amide bonds. The Morgan fingerprint density at radius 2 is 2.06 bits per heavy atom. The minimum Gasteiger partial charge on any atom is -0.315 e. The van der Waals surface area contributed by atoms with Crippen LogP contribution in [0.25, 0.3) is 0 Å². The number of piperidine rings is 1. The van der Waals surface area contributed by atoms with Crippen LogP contribution < -0.4 is 5.32 Å². The summed E-state index contributed by atoms with van der Waals surface area (Å²) in [5, 5.41) is 3.54. The lowest BCUT2D eigenvalue weighted by molar-refractivity contribution is 0.122. The highest BCUT2D eigenvalue weighted by molar-refractivity contribution is 4.98. The molecular weight excluding hydrogens is 198 g/mol. The Morgan fingerprint density at radius 3 is 2.88 bits per heavy atom. The Labute approximate surface area is 99.2 Å². The van der Waals surface area contributed by atoms with E-state index >= 15 is 0 Å². The van der Waals surface area contributed by atoms with Crippen LogP contribution in [0.3, 0.4) is 0 Å². The lowest BCUT2D eigenvalue weighted by Gasteiger charge is -2.38. The van der Waals surface area contributed by atoms with Crippen LogP contribution in [0.5, 0.6) is 0 Å². The number of likely N-dealkylation sites (N-methyl/N-ethyl adjacent to an activating group) is 1. The Bertz CT molecular complexity index is 237. The second-order valence-corrected chi connectivity index (χ2v) is 5.77. The summed E-state index contributed by atoms with van der Waals surface area (Å²) in [6, 6.07) is 2.51. The van der Waals surface area contributed by atoms with Gasteiger partial charge in [-0.2, -0.15) is 0 Å². The predicted molar refractivity (Wildman–Crippen MR) is 66.7 cm³/mol. The highest BCUT2D eigenvalue weighted by Gasteiger charge is 2.40. The van der Waals surface area contributed by atoms with Gasteiger partial charge in [0.25, 0.3) is 0 Å². The van der Waals surface area contributed by atoms with Crippen LogP contribution >= 0.6 is 0 Å². The van der Waals surface area contributed by atoms with Crippen molar-refractivity contribution in [3.8, 4) is 0 Å². The zero-order valence-corrected chi connectivity index (χ0v) is 10.5. The fraction of sp³-hybridized carbons (Fsp3) is 1.00. The van der Waals surface area contributed by atoms with Crippen LogP contribution in [0.2, 0.25) is 0 Å². The molecule has 0 aromatic rings. The van der Waals surface area contributed by atoms with E-state index in [1.807, 2.05) is 0 Å². The van der Waals surface area contributed by atoms with Gasteiger partial charge in [-0.1, -0.05) is 0 Å². The second kappa shape index (κ2) is 4.63. The van der Waals surface area contributed by atoms with Crippen LogP contribution in [-0.2, 0) is 0 Å². The smallest absolute Gasteiger partial charge is 0.0264 e. The quantitative estimate of drug-likeness (QED) is 0.750. The summed E-state index contributed by atoms with van der Waals surface area (Å²) < 4.78 is 0. The van der Waals surface area contributed by atoms with Crippen molar-refractivity contribution in [1.82, 2.24) is 15.1 Å². The first-order chi connectivity index (χ1) is 7.86. The van der Waals surface area contributed by atoms with Crippen LogP contribution in [-0.4, -0.2) is 61.2 Å². The largest absolute Gasteiger partial charge is 0.315 e. The summed E-state index contributed by atoms with van der Waals surface area (Å²) in [7, 11) is 2.37. The van der Waals surface area contributed by atoms with Crippen molar-refractivity contribution in [2.45, 2.75) is 50.2 Å². The summed E-state index contributed by atoms with van der Waals surface area (Å²) in [5.74, 6) is 0. The molecule has 3 heterocycles. The van der Waals surface area contributed by atoms with E-state index in [0.29, 0.717) is 0 Å². The Balaban J connectivity index is 1.63. The Kier molecular flexibility index (Phi) is 3.18. The summed E-state index contributed by atoms with van der Waals surface area (Å²) >= 11 is 0. The van der Waals surface area contributed by atoms with Gasteiger partial charge in [0.1, 0.15) is 0 Å². The first-order valence-electron chi connectivity index (χ1n) is 7.03. The third-order valence-corrected chi connectivity index (χ3v) is 4.94. The summed E-state index contributed by atoms with van der Waals surface area (Å²) in [4.78, 5) is 5.42. The van der Waals surface area contributed by atoms with E-state index in [2.05, 4.69) is 22.2 Å². The van der Waals surface area contributed by atoms with Gasteiger partial charge in [-0.3, -0.25) is 9.80 Å². The van der Waals surface area contributed by atoms with Crippen molar-refractivity contribution < 1.29 is 0 Å². The molecule has 3 fully saturated rings. The van der Waals surface area contributed by atoms with Gasteiger partial charge in [0.15, 0.2) is 0 Å². The van der Waals surface area contributed by atoms with Crippen molar-refractivity contribution in [3.63, 3.8) is 0 Å². The van der Waals surface area contributed by atoms with Crippen molar-refractivity contribution in [3.05, 3.63) is 0 Å². The molecule has 3 nitrogen and oxygen atoms in total. The summed E-state index contributed by atoms with van der Waals surface area (Å²) in [6.45, 7) is 5.14. The third-order valence-electron chi connectivity index (χ3n) is 4.94. The number of nitrogens with zero attached hydrogens (tertiary/aromatic N) is 2. The molecule has 92 valence electrons. The average Bonchev–Trinajstić information content (AvgIpc) is 2.91. The molecule has 16 heavy (non-hydrogen) atoms. The first-order valence-corrected chi connectivity index (χ1v) is 7.03. The predicted octanol–water partition coefficient (Wildman–Crippen LogP) is 0.907. The van der Waals surface area contributed by atoms with E-state index in [0.717, 1.165) is 18.1 Å². The topological polar surface area (TPSA) is 18.5 Å². The number of hydrogen-bond donors (Lipinski definition) is 1. The second-order valence-electron chi connectivity index (χ2n) is 5.77. The van der Waals surface area contributed by atoms with E-state index in [1.165, 1.54) is 58.3 Å². The lowest BCUT2D eigenvalue weighted by atomic mass is 9.99. The molecule has 0 saturated carbocycles. The lowest BCUT2D eigenvalue weighted by Crippen LogP contribution is -2.51. The number of fused-ring (bicyclic) bond motifs is 1. The van der Waals surface area contributed by atoms with Crippen LogP contribution in [0.1, 0.15) is 32.1 Å². The molecule has 3 aliphatic heterocycles. The van der Waals surface area contributed by atoms with E-state index in [1.54, 1.807) is 0 Å². The molecule has 3 saturated heterocycles. The fourth-order valence-corrected chi connectivity index (χ4v) is 3.98. The number of rotatable bonds is 2. The van der Waals surface area contributed by atoms with Gasteiger partial charge in [-0.15, -0.1) is 0 Å². The van der Waals surface area contributed by atoms with E-state index in [9.17, 15) is 0 Å². The summed E-state index contributed by atoms with van der Waals surface area (Å²) in [6.07, 6.45) is 7.02. The highest BCUT2D eigenvalue weighted by atomic mass is 15.3. The van der Waals surface area contributed by atoms with E-state index in [-0.39, 0.29) is 0 Å². The monoisotopic (exact) mass is 223 g/mol. The van der Waals surface area contributed by atoms with E-state index in [4.69, 9.17) is 0 Å². The normalized spacial score (nSPS) is 40.5. The SMILES string of the molecule is CN(C1CCCNC1)C1CCN2CCCC12. The maximum Gasteiger partial charge on any atom is 0.0264 e. The minimum absolute atomic E-state index is 0.791. The van der Waals surface area contributed by atoms with Gasteiger partial charge in [0, 0.05) is 31.2 Å². The van der Waals surface area contributed by atoms with Gasteiger partial charge < -0.3 is 5.32 Å². The molecule has 0 bridgehead atoms. The standard InChI is InChI=1S/C13H25N3/c1-15(11-4-2-7-14-10-11)12-6-9-16-8-3-5-13(12)16/h11-14H,2-10H2,1H3. The zero-order valence-electron chi connectivity index (χ0n) is 10.5. The number of nitrogens with one attached hydrogen (secondary N) is 1.